The Morgan fingerprint density at radius 3 is 2.77 bits per heavy atom. The number of rotatable bonds is 4. The minimum absolute atomic E-state index is 0.139. The van der Waals surface area contributed by atoms with E-state index in [1.807, 2.05) is 30.0 Å². The first-order valence-corrected chi connectivity index (χ1v) is 9.59. The zero-order chi connectivity index (χ0) is 18.1. The number of amides is 1. The molecule has 2 aliphatic rings. The van der Waals surface area contributed by atoms with Crippen LogP contribution in [0.25, 0.3) is 11.5 Å². The van der Waals surface area contributed by atoms with E-state index in [1.165, 1.54) is 5.56 Å². The van der Waals surface area contributed by atoms with Gasteiger partial charge >= 0.3 is 0 Å². The molecule has 2 aromatic heterocycles. The SMILES string of the molecule is CC[C@H]1C(=O)N(CC)CCN1c1nc(-c2ccccn2)nc2c1CCC2. The molecule has 0 N–H and O–H groups in total. The first kappa shape index (κ1) is 16.9. The van der Waals surface area contributed by atoms with Gasteiger partial charge in [0, 0.05) is 37.1 Å². The third-order valence-electron chi connectivity index (χ3n) is 5.43. The van der Waals surface area contributed by atoms with E-state index in [0.717, 1.165) is 62.5 Å². The standard InChI is InChI=1S/C20H25N5O/c1-3-17-20(26)24(4-2)12-13-25(17)19-14-8-7-10-15(14)22-18(23-19)16-9-5-6-11-21-16/h5-6,9,11,17H,3-4,7-8,10,12-13H2,1-2H3/t17-/m0/s1. The second-order valence-corrected chi connectivity index (χ2v) is 6.90. The highest BCUT2D eigenvalue weighted by atomic mass is 16.2. The molecule has 0 bridgehead atoms. The number of anilines is 1. The third kappa shape index (κ3) is 2.83. The van der Waals surface area contributed by atoms with Gasteiger partial charge in [-0.1, -0.05) is 13.0 Å². The van der Waals surface area contributed by atoms with Crippen molar-refractivity contribution in [3.05, 3.63) is 35.7 Å². The molecule has 2 aromatic rings. The first-order valence-electron chi connectivity index (χ1n) is 9.59. The Hall–Kier alpha value is -2.50. The lowest BCUT2D eigenvalue weighted by molar-refractivity contribution is -0.134. The van der Waals surface area contributed by atoms with Crippen LogP contribution in [-0.4, -0.2) is 51.4 Å². The number of aryl methyl sites for hydroxylation is 1. The number of hydrogen-bond donors (Lipinski definition) is 0. The molecule has 3 heterocycles. The number of carbonyl (C=O) groups excluding carboxylic acids is 1. The monoisotopic (exact) mass is 351 g/mol. The summed E-state index contributed by atoms with van der Waals surface area (Å²) < 4.78 is 0. The molecule has 0 radical (unpaired) electrons. The van der Waals surface area contributed by atoms with E-state index >= 15 is 0 Å². The van der Waals surface area contributed by atoms with E-state index in [-0.39, 0.29) is 11.9 Å². The lowest BCUT2D eigenvalue weighted by Gasteiger charge is -2.41. The summed E-state index contributed by atoms with van der Waals surface area (Å²) >= 11 is 0. The largest absolute Gasteiger partial charge is 0.342 e. The minimum atomic E-state index is -0.139. The van der Waals surface area contributed by atoms with Crippen molar-refractivity contribution in [1.82, 2.24) is 19.9 Å². The molecule has 6 heteroatoms. The van der Waals surface area contributed by atoms with Gasteiger partial charge in [-0.2, -0.15) is 0 Å². The van der Waals surface area contributed by atoms with Crippen LogP contribution in [0, 0.1) is 0 Å². The predicted molar refractivity (Wildman–Crippen MR) is 101 cm³/mol. The van der Waals surface area contributed by atoms with Gasteiger partial charge in [0.25, 0.3) is 0 Å². The summed E-state index contributed by atoms with van der Waals surface area (Å²) in [5.41, 5.74) is 3.13. The van der Waals surface area contributed by atoms with Gasteiger partial charge in [0.15, 0.2) is 5.82 Å². The lowest BCUT2D eigenvalue weighted by atomic mass is 10.1. The normalized spacial score (nSPS) is 19.8. The van der Waals surface area contributed by atoms with Gasteiger partial charge in [0.2, 0.25) is 5.91 Å². The Labute approximate surface area is 154 Å². The highest BCUT2D eigenvalue weighted by Gasteiger charge is 2.36. The van der Waals surface area contributed by atoms with Crippen LogP contribution in [0.3, 0.4) is 0 Å². The van der Waals surface area contributed by atoms with Crippen molar-refractivity contribution < 1.29 is 4.79 Å². The Morgan fingerprint density at radius 1 is 1.15 bits per heavy atom. The number of carbonyl (C=O) groups is 1. The number of hydrogen-bond acceptors (Lipinski definition) is 5. The van der Waals surface area contributed by atoms with E-state index in [9.17, 15) is 4.79 Å². The molecule has 0 spiro atoms. The van der Waals surface area contributed by atoms with E-state index in [2.05, 4.69) is 16.8 Å². The van der Waals surface area contributed by atoms with Crippen LogP contribution in [0.1, 0.15) is 37.9 Å². The molecule has 6 nitrogen and oxygen atoms in total. The number of likely N-dealkylation sites (N-methyl/N-ethyl adjacent to an activating group) is 1. The van der Waals surface area contributed by atoms with Gasteiger partial charge in [-0.3, -0.25) is 9.78 Å². The summed E-state index contributed by atoms with van der Waals surface area (Å²) in [6.07, 6.45) is 5.62. The third-order valence-corrected chi connectivity index (χ3v) is 5.43. The van der Waals surface area contributed by atoms with Crippen molar-refractivity contribution >= 4 is 11.7 Å². The van der Waals surface area contributed by atoms with E-state index in [0.29, 0.717) is 5.82 Å². The smallest absolute Gasteiger partial charge is 0.245 e. The molecule has 0 unspecified atom stereocenters. The zero-order valence-electron chi connectivity index (χ0n) is 15.5. The summed E-state index contributed by atoms with van der Waals surface area (Å²) in [6.45, 7) is 6.47. The topological polar surface area (TPSA) is 62.2 Å². The van der Waals surface area contributed by atoms with Gasteiger partial charge < -0.3 is 9.80 Å². The maximum Gasteiger partial charge on any atom is 0.245 e. The van der Waals surface area contributed by atoms with E-state index < -0.39 is 0 Å². The van der Waals surface area contributed by atoms with E-state index in [1.54, 1.807) is 6.20 Å². The average molecular weight is 351 g/mol. The minimum Gasteiger partial charge on any atom is -0.342 e. The Morgan fingerprint density at radius 2 is 2.04 bits per heavy atom. The molecule has 0 aromatic carbocycles. The average Bonchev–Trinajstić information content (AvgIpc) is 3.16. The summed E-state index contributed by atoms with van der Waals surface area (Å²) in [4.78, 5) is 31.1. The maximum atomic E-state index is 12.9. The van der Waals surface area contributed by atoms with Crippen molar-refractivity contribution in [2.45, 2.75) is 45.6 Å². The van der Waals surface area contributed by atoms with Crippen LogP contribution in [0.2, 0.25) is 0 Å². The number of aromatic nitrogens is 3. The van der Waals surface area contributed by atoms with Gasteiger partial charge in [-0.25, -0.2) is 9.97 Å². The lowest BCUT2D eigenvalue weighted by Crippen LogP contribution is -2.57. The number of pyridine rings is 1. The number of fused-ring (bicyclic) bond motifs is 1. The highest BCUT2D eigenvalue weighted by molar-refractivity contribution is 5.86. The molecule has 0 saturated carbocycles. The van der Waals surface area contributed by atoms with Gasteiger partial charge in [0.1, 0.15) is 17.6 Å². The molecule has 26 heavy (non-hydrogen) atoms. The molecule has 1 fully saturated rings. The second-order valence-electron chi connectivity index (χ2n) is 6.90. The molecule has 1 atom stereocenters. The number of piperazine rings is 1. The van der Waals surface area contributed by atoms with Crippen LogP contribution < -0.4 is 4.90 Å². The van der Waals surface area contributed by atoms with Crippen molar-refractivity contribution in [2.75, 3.05) is 24.5 Å². The molecule has 1 aliphatic carbocycles. The molecular formula is C20H25N5O. The summed E-state index contributed by atoms with van der Waals surface area (Å²) in [5, 5.41) is 0. The predicted octanol–water partition coefficient (Wildman–Crippen LogP) is 2.47. The van der Waals surface area contributed by atoms with Crippen molar-refractivity contribution in [2.24, 2.45) is 0 Å². The van der Waals surface area contributed by atoms with Crippen molar-refractivity contribution in [1.29, 1.82) is 0 Å². The van der Waals surface area contributed by atoms with Crippen LogP contribution in [0.4, 0.5) is 5.82 Å². The van der Waals surface area contributed by atoms with Crippen molar-refractivity contribution in [3.8, 4) is 11.5 Å². The van der Waals surface area contributed by atoms with Crippen LogP contribution in [0.5, 0.6) is 0 Å². The fourth-order valence-electron chi connectivity index (χ4n) is 4.06. The number of nitrogens with zero attached hydrogens (tertiary/aromatic N) is 5. The Kier molecular flexibility index (Phi) is 4.57. The summed E-state index contributed by atoms with van der Waals surface area (Å²) in [7, 11) is 0. The molecule has 1 aliphatic heterocycles. The fraction of sp³-hybridized carbons (Fsp3) is 0.500. The van der Waals surface area contributed by atoms with E-state index in [4.69, 9.17) is 9.97 Å². The maximum absolute atomic E-state index is 12.9. The molecule has 136 valence electrons. The fourth-order valence-corrected chi connectivity index (χ4v) is 4.06. The van der Waals surface area contributed by atoms with Gasteiger partial charge in [-0.05, 0) is 44.7 Å². The molecule has 1 amide bonds. The summed E-state index contributed by atoms with van der Waals surface area (Å²) in [5.74, 6) is 1.83. The van der Waals surface area contributed by atoms with Crippen molar-refractivity contribution in [3.63, 3.8) is 0 Å². The first-order chi connectivity index (χ1) is 12.7. The van der Waals surface area contributed by atoms with Crippen LogP contribution in [-0.2, 0) is 17.6 Å². The molecule has 4 rings (SSSR count). The Bertz CT molecular complexity index is 807. The zero-order valence-corrected chi connectivity index (χ0v) is 15.5. The van der Waals surface area contributed by atoms with Gasteiger partial charge in [0.05, 0.1) is 0 Å². The van der Waals surface area contributed by atoms with Gasteiger partial charge in [-0.15, -0.1) is 0 Å². The molecule has 1 saturated heterocycles. The second kappa shape index (κ2) is 7.02. The van der Waals surface area contributed by atoms with Crippen LogP contribution >= 0.6 is 0 Å². The highest BCUT2D eigenvalue weighted by Crippen LogP contribution is 2.33. The Balaban J connectivity index is 1.78. The quantitative estimate of drug-likeness (QED) is 0.847. The van der Waals surface area contributed by atoms with Crippen LogP contribution in [0.15, 0.2) is 24.4 Å². The molecular weight excluding hydrogens is 326 g/mol. The summed E-state index contributed by atoms with van der Waals surface area (Å²) in [6, 6.07) is 5.66.